The van der Waals surface area contributed by atoms with Gasteiger partial charge in [-0.05, 0) is 25.0 Å². The Morgan fingerprint density at radius 1 is 1.23 bits per heavy atom. The molecule has 142 valence electrons. The first-order valence-electron chi connectivity index (χ1n) is 8.94. The summed E-state index contributed by atoms with van der Waals surface area (Å²) in [6, 6.07) is 6.21. The molecule has 0 saturated carbocycles. The largest absolute Gasteiger partial charge is 0.496 e. The monoisotopic (exact) mass is 359 g/mol. The molecular weight excluding hydrogens is 330 g/mol. The number of hydrogen-bond acceptors (Lipinski definition) is 5. The molecule has 2 rings (SSSR count). The average molecular weight is 359 g/mol. The molecule has 26 heavy (non-hydrogen) atoms. The molecule has 7 nitrogen and oxygen atoms in total. The van der Waals surface area contributed by atoms with Crippen LogP contribution in [0.1, 0.15) is 42.6 Å². The summed E-state index contributed by atoms with van der Waals surface area (Å²) >= 11 is 0. The molecule has 0 aliphatic heterocycles. The van der Waals surface area contributed by atoms with Gasteiger partial charge in [0.05, 0.1) is 7.11 Å². The minimum Gasteiger partial charge on any atom is -0.496 e. The van der Waals surface area contributed by atoms with E-state index >= 15 is 0 Å². The van der Waals surface area contributed by atoms with E-state index in [-0.39, 0.29) is 5.92 Å². The fourth-order valence-electron chi connectivity index (χ4n) is 2.53. The molecule has 0 unspecified atom stereocenters. The summed E-state index contributed by atoms with van der Waals surface area (Å²) in [5, 5.41) is 10.5. The fraction of sp³-hybridized carbons (Fsp3) is 0.526. The van der Waals surface area contributed by atoms with E-state index in [9.17, 15) is 0 Å². The number of methoxy groups -OCH3 is 1. The van der Waals surface area contributed by atoms with Crippen LogP contribution in [0, 0.1) is 6.92 Å². The van der Waals surface area contributed by atoms with Crippen LogP contribution in [0.25, 0.3) is 0 Å². The molecule has 1 heterocycles. The predicted molar refractivity (Wildman–Crippen MR) is 103 cm³/mol. The molecule has 0 radical (unpaired) electrons. The molecule has 0 aliphatic rings. The molecule has 0 fully saturated rings. The van der Waals surface area contributed by atoms with E-state index in [2.05, 4.69) is 44.8 Å². The van der Waals surface area contributed by atoms with Crippen LogP contribution in [-0.2, 0) is 12.8 Å². The number of hydrogen-bond donors (Lipinski definition) is 2. The lowest BCUT2D eigenvalue weighted by molar-refractivity contribution is 0.371. The average Bonchev–Trinajstić information content (AvgIpc) is 3.10. The maximum atomic E-state index is 5.42. The highest BCUT2D eigenvalue weighted by Crippen LogP contribution is 2.19. The quantitative estimate of drug-likeness (QED) is 0.556. The summed E-state index contributed by atoms with van der Waals surface area (Å²) < 4.78 is 10.7. The van der Waals surface area contributed by atoms with Gasteiger partial charge < -0.3 is 19.9 Å². The first kappa shape index (κ1) is 19.8. The van der Waals surface area contributed by atoms with Gasteiger partial charge in [-0.3, -0.25) is 4.99 Å². The molecule has 0 atom stereocenters. The van der Waals surface area contributed by atoms with E-state index in [1.54, 1.807) is 14.2 Å². The first-order valence-corrected chi connectivity index (χ1v) is 8.94. The summed E-state index contributed by atoms with van der Waals surface area (Å²) in [5.41, 5.74) is 2.41. The van der Waals surface area contributed by atoms with Crippen molar-refractivity contribution in [2.45, 2.75) is 39.5 Å². The Hall–Kier alpha value is -2.57. The highest BCUT2D eigenvalue weighted by atomic mass is 16.5. The lowest BCUT2D eigenvalue weighted by Crippen LogP contribution is -2.39. The topological polar surface area (TPSA) is 84.6 Å². The maximum absolute atomic E-state index is 5.42. The smallest absolute Gasteiger partial charge is 0.228 e. The number of ether oxygens (including phenoxy) is 1. The Morgan fingerprint density at radius 3 is 2.58 bits per heavy atom. The number of nitrogens with one attached hydrogen (secondary N) is 2. The third-order valence-corrected chi connectivity index (χ3v) is 3.98. The molecule has 0 amide bonds. The third kappa shape index (κ3) is 5.75. The van der Waals surface area contributed by atoms with E-state index in [4.69, 9.17) is 9.26 Å². The molecular formula is C19H29N5O2. The van der Waals surface area contributed by atoms with Crippen LogP contribution in [0.2, 0.25) is 0 Å². The Labute approximate surface area is 155 Å². The van der Waals surface area contributed by atoms with Crippen molar-refractivity contribution < 1.29 is 9.26 Å². The van der Waals surface area contributed by atoms with Crippen molar-refractivity contribution in [3.8, 4) is 5.75 Å². The minimum absolute atomic E-state index is 0.272. The van der Waals surface area contributed by atoms with E-state index in [0.29, 0.717) is 18.9 Å². The van der Waals surface area contributed by atoms with Gasteiger partial charge in [-0.25, -0.2) is 0 Å². The molecule has 0 spiro atoms. The van der Waals surface area contributed by atoms with Crippen LogP contribution < -0.4 is 15.4 Å². The number of aliphatic imine (C=N–C) groups is 1. The normalized spacial score (nSPS) is 11.7. The zero-order valence-electron chi connectivity index (χ0n) is 16.3. The van der Waals surface area contributed by atoms with Gasteiger partial charge in [0.25, 0.3) is 0 Å². The van der Waals surface area contributed by atoms with Gasteiger partial charge >= 0.3 is 0 Å². The Kier molecular flexibility index (Phi) is 7.44. The second-order valence-electron chi connectivity index (χ2n) is 6.44. The van der Waals surface area contributed by atoms with Gasteiger partial charge in [0.1, 0.15) is 5.75 Å². The highest BCUT2D eigenvalue weighted by molar-refractivity contribution is 5.79. The lowest BCUT2D eigenvalue weighted by Gasteiger charge is -2.13. The van der Waals surface area contributed by atoms with Crippen molar-refractivity contribution in [2.24, 2.45) is 4.99 Å². The Morgan fingerprint density at radius 2 is 1.96 bits per heavy atom. The van der Waals surface area contributed by atoms with Gasteiger partial charge in [-0.2, -0.15) is 4.98 Å². The lowest BCUT2D eigenvalue weighted by atomic mass is 10.1. The SMILES string of the molecule is CN=C(NCCc1nc(C(C)C)no1)NCCc1cc(C)ccc1OC. The minimum atomic E-state index is 0.272. The van der Waals surface area contributed by atoms with E-state index < -0.39 is 0 Å². The number of aryl methyl sites for hydroxylation is 1. The molecule has 0 saturated heterocycles. The zero-order chi connectivity index (χ0) is 18.9. The molecule has 0 aliphatic carbocycles. The number of guanidine groups is 1. The number of rotatable bonds is 8. The van der Waals surface area contributed by atoms with Gasteiger partial charge in [0, 0.05) is 32.5 Å². The summed E-state index contributed by atoms with van der Waals surface area (Å²) in [6.45, 7) is 7.60. The standard InChI is InChI=1S/C19H29N5O2/c1-13(2)18-23-17(26-24-18)9-11-22-19(20-4)21-10-8-15-12-14(3)6-7-16(15)25-5/h6-7,12-13H,8-11H2,1-5H3,(H2,20,21,22). The molecule has 0 bridgehead atoms. The third-order valence-electron chi connectivity index (χ3n) is 3.98. The fourth-order valence-corrected chi connectivity index (χ4v) is 2.53. The van der Waals surface area contributed by atoms with Gasteiger partial charge in [0.2, 0.25) is 5.89 Å². The van der Waals surface area contributed by atoms with Crippen LogP contribution in [-0.4, -0.2) is 43.3 Å². The second kappa shape index (κ2) is 9.79. The summed E-state index contributed by atoms with van der Waals surface area (Å²) in [6.07, 6.45) is 1.51. The summed E-state index contributed by atoms with van der Waals surface area (Å²) in [4.78, 5) is 8.61. The van der Waals surface area contributed by atoms with Gasteiger partial charge in [0.15, 0.2) is 11.8 Å². The number of nitrogens with zero attached hydrogens (tertiary/aromatic N) is 3. The maximum Gasteiger partial charge on any atom is 0.228 e. The Balaban J connectivity index is 1.76. The molecule has 1 aromatic heterocycles. The van der Waals surface area contributed by atoms with E-state index in [0.717, 1.165) is 30.5 Å². The van der Waals surface area contributed by atoms with Crippen LogP contribution >= 0.6 is 0 Å². The van der Waals surface area contributed by atoms with Crippen LogP contribution in [0.3, 0.4) is 0 Å². The molecule has 2 N–H and O–H groups in total. The van der Waals surface area contributed by atoms with Crippen LogP contribution in [0.15, 0.2) is 27.7 Å². The summed E-state index contributed by atoms with van der Waals surface area (Å²) in [5.74, 6) is 3.32. The van der Waals surface area contributed by atoms with Crippen molar-refractivity contribution in [2.75, 3.05) is 27.2 Å². The number of benzene rings is 1. The van der Waals surface area contributed by atoms with Gasteiger partial charge in [-0.15, -0.1) is 0 Å². The second-order valence-corrected chi connectivity index (χ2v) is 6.44. The van der Waals surface area contributed by atoms with E-state index in [1.807, 2.05) is 19.9 Å². The number of aromatic nitrogens is 2. The summed E-state index contributed by atoms with van der Waals surface area (Å²) in [7, 11) is 3.45. The predicted octanol–water partition coefficient (Wildman–Crippen LogP) is 2.46. The van der Waals surface area contributed by atoms with Gasteiger partial charge in [-0.1, -0.05) is 36.7 Å². The zero-order valence-corrected chi connectivity index (χ0v) is 16.3. The highest BCUT2D eigenvalue weighted by Gasteiger charge is 2.09. The van der Waals surface area contributed by atoms with Crippen molar-refractivity contribution >= 4 is 5.96 Å². The first-order chi connectivity index (χ1) is 12.5. The molecule has 2 aromatic rings. The molecule has 7 heteroatoms. The molecule has 1 aromatic carbocycles. The van der Waals surface area contributed by atoms with E-state index in [1.165, 1.54) is 11.1 Å². The Bertz CT molecular complexity index is 724. The van der Waals surface area contributed by atoms with Crippen molar-refractivity contribution in [1.82, 2.24) is 20.8 Å². The van der Waals surface area contributed by atoms with Crippen LogP contribution in [0.5, 0.6) is 5.75 Å². The van der Waals surface area contributed by atoms with Crippen molar-refractivity contribution in [3.05, 3.63) is 41.0 Å². The van der Waals surface area contributed by atoms with Crippen molar-refractivity contribution in [1.29, 1.82) is 0 Å². The van der Waals surface area contributed by atoms with Crippen molar-refractivity contribution in [3.63, 3.8) is 0 Å². The van der Waals surface area contributed by atoms with Crippen LogP contribution in [0.4, 0.5) is 0 Å².